The summed E-state index contributed by atoms with van der Waals surface area (Å²) in [6, 6.07) is 16.1. The van der Waals surface area contributed by atoms with Crippen LogP contribution in [0.25, 0.3) is 6.08 Å². The highest BCUT2D eigenvalue weighted by Gasteiger charge is 2.51. The molecule has 2 aliphatic rings. The number of fused-ring (bicyclic) bond motifs is 3. The Kier molecular flexibility index (Phi) is 5.99. The topological polar surface area (TPSA) is 75.2 Å². The summed E-state index contributed by atoms with van der Waals surface area (Å²) in [7, 11) is 0. The summed E-state index contributed by atoms with van der Waals surface area (Å²) < 4.78 is 0. The molecule has 6 heteroatoms. The lowest BCUT2D eigenvalue weighted by Crippen LogP contribution is -2.41. The molecule has 1 aliphatic heterocycles. The molecular weight excluding hydrogens is 448 g/mol. The van der Waals surface area contributed by atoms with Crippen LogP contribution in [0.1, 0.15) is 61.7 Å². The smallest absolute Gasteiger partial charge is 0.237 e. The Balaban J connectivity index is 1.36. The van der Waals surface area contributed by atoms with E-state index in [2.05, 4.69) is 35.4 Å². The zero-order valence-corrected chi connectivity index (χ0v) is 21.3. The van der Waals surface area contributed by atoms with Gasteiger partial charge < -0.3 is 10.2 Å². The number of carbonyl (C=O) groups excluding carboxylic acids is 2. The summed E-state index contributed by atoms with van der Waals surface area (Å²) in [5.41, 5.74) is 3.97. The number of nitrogens with one attached hydrogen (secondary N) is 1. The first-order chi connectivity index (χ1) is 17.2. The Labute approximate surface area is 212 Å². The van der Waals surface area contributed by atoms with Crippen LogP contribution in [-0.4, -0.2) is 33.2 Å². The van der Waals surface area contributed by atoms with Gasteiger partial charge >= 0.3 is 0 Å². The van der Waals surface area contributed by atoms with Crippen molar-refractivity contribution in [1.29, 1.82) is 0 Å². The van der Waals surface area contributed by atoms with E-state index in [1.54, 1.807) is 6.20 Å². The molecule has 0 saturated carbocycles. The third kappa shape index (κ3) is 4.21. The van der Waals surface area contributed by atoms with Crippen molar-refractivity contribution in [3.8, 4) is 0 Å². The van der Waals surface area contributed by atoms with Gasteiger partial charge in [-0.2, -0.15) is 0 Å². The molecule has 0 bridgehead atoms. The van der Waals surface area contributed by atoms with Gasteiger partial charge in [-0.3, -0.25) is 14.6 Å². The Morgan fingerprint density at radius 2 is 1.92 bits per heavy atom. The van der Waals surface area contributed by atoms with Gasteiger partial charge in [0.2, 0.25) is 11.8 Å². The van der Waals surface area contributed by atoms with E-state index in [-0.39, 0.29) is 17.9 Å². The summed E-state index contributed by atoms with van der Waals surface area (Å²) in [4.78, 5) is 37.2. The quantitative estimate of drug-likeness (QED) is 0.550. The standard InChI is InChI=1S/C30H32N4O2/c1-20(22-11-6-5-7-12-22)34(28(36)29(2,3)4)15-9-10-21-16-23-17-30(18-25(23)32-19-21)24-13-8-14-31-26(24)33-27(30)35/h5-14,16,19-20H,15,17-18H2,1-4H3,(H,31,33,35)/b10-9+/t20-,30+/m1/s1. The Hall–Kier alpha value is -3.80. The summed E-state index contributed by atoms with van der Waals surface area (Å²) >= 11 is 0. The van der Waals surface area contributed by atoms with E-state index in [0.717, 1.165) is 27.9 Å². The number of amides is 2. The molecule has 1 aromatic carbocycles. The van der Waals surface area contributed by atoms with Crippen molar-refractivity contribution in [3.05, 3.63) is 94.9 Å². The second-order valence-electron chi connectivity index (χ2n) is 10.9. The molecule has 1 N–H and O–H groups in total. The molecular formula is C30H32N4O2. The molecule has 1 spiro atoms. The summed E-state index contributed by atoms with van der Waals surface area (Å²) in [5, 5.41) is 2.94. The fraction of sp³-hybridized carbons (Fsp3) is 0.333. The van der Waals surface area contributed by atoms with E-state index >= 15 is 0 Å². The zero-order valence-electron chi connectivity index (χ0n) is 21.3. The highest BCUT2D eigenvalue weighted by molar-refractivity contribution is 6.06. The lowest BCUT2D eigenvalue weighted by atomic mass is 9.80. The molecule has 2 atom stereocenters. The highest BCUT2D eigenvalue weighted by atomic mass is 16.2. The first-order valence-electron chi connectivity index (χ1n) is 12.5. The molecule has 3 heterocycles. The van der Waals surface area contributed by atoms with Gasteiger partial charge in [-0.25, -0.2) is 4.98 Å². The van der Waals surface area contributed by atoms with Crippen LogP contribution in [-0.2, 0) is 27.8 Å². The first-order valence-corrected chi connectivity index (χ1v) is 12.5. The van der Waals surface area contributed by atoms with Crippen LogP contribution >= 0.6 is 0 Å². The second-order valence-corrected chi connectivity index (χ2v) is 10.9. The molecule has 2 aromatic heterocycles. The summed E-state index contributed by atoms with van der Waals surface area (Å²) in [5.74, 6) is 0.765. The first kappa shape index (κ1) is 23.9. The van der Waals surface area contributed by atoms with Crippen LogP contribution in [0.4, 0.5) is 5.82 Å². The fourth-order valence-corrected chi connectivity index (χ4v) is 5.29. The lowest BCUT2D eigenvalue weighted by Gasteiger charge is -2.34. The summed E-state index contributed by atoms with van der Waals surface area (Å²) in [6.07, 6.45) is 8.79. The zero-order chi connectivity index (χ0) is 25.5. The minimum absolute atomic E-state index is 0.00229. The molecule has 36 heavy (non-hydrogen) atoms. The Morgan fingerprint density at radius 3 is 2.67 bits per heavy atom. The maximum absolute atomic E-state index is 13.3. The van der Waals surface area contributed by atoms with Gasteiger partial charge in [0.1, 0.15) is 5.82 Å². The van der Waals surface area contributed by atoms with Crippen molar-refractivity contribution < 1.29 is 9.59 Å². The molecule has 184 valence electrons. The predicted molar refractivity (Wildman–Crippen MR) is 141 cm³/mol. The van der Waals surface area contributed by atoms with E-state index in [1.165, 1.54) is 0 Å². The van der Waals surface area contributed by atoms with Crippen LogP contribution in [0, 0.1) is 5.41 Å². The van der Waals surface area contributed by atoms with E-state index < -0.39 is 10.8 Å². The SMILES string of the molecule is C[C@H](c1ccccc1)N(C/C=C/c1cnc2c(c1)C[C@@]1(C2)C(=O)Nc2ncccc21)C(=O)C(C)(C)C. The minimum Gasteiger partial charge on any atom is -0.332 e. The normalized spacial score (nSPS) is 19.3. The van der Waals surface area contributed by atoms with Crippen molar-refractivity contribution in [3.63, 3.8) is 0 Å². The average molecular weight is 481 g/mol. The third-order valence-electron chi connectivity index (χ3n) is 7.30. The third-order valence-corrected chi connectivity index (χ3v) is 7.30. The molecule has 5 rings (SSSR count). The largest absolute Gasteiger partial charge is 0.332 e. The maximum atomic E-state index is 13.3. The van der Waals surface area contributed by atoms with Crippen LogP contribution in [0.15, 0.2) is 67.0 Å². The molecule has 1 aliphatic carbocycles. The number of benzene rings is 1. The number of pyridine rings is 2. The number of carbonyl (C=O) groups is 2. The van der Waals surface area contributed by atoms with Gasteiger partial charge in [0.05, 0.1) is 11.5 Å². The van der Waals surface area contributed by atoms with Crippen molar-refractivity contribution in [2.24, 2.45) is 5.41 Å². The number of hydrogen-bond donors (Lipinski definition) is 1. The average Bonchev–Trinajstić information content (AvgIpc) is 3.38. The highest BCUT2D eigenvalue weighted by Crippen LogP contribution is 2.46. The van der Waals surface area contributed by atoms with E-state index in [4.69, 9.17) is 4.98 Å². The summed E-state index contributed by atoms with van der Waals surface area (Å²) in [6.45, 7) is 8.43. The second kappa shape index (κ2) is 9.01. The molecule has 0 radical (unpaired) electrons. The lowest BCUT2D eigenvalue weighted by molar-refractivity contribution is -0.141. The van der Waals surface area contributed by atoms with E-state index in [0.29, 0.717) is 25.2 Å². The van der Waals surface area contributed by atoms with Gasteiger partial charge in [-0.05, 0) is 42.2 Å². The fourth-order valence-electron chi connectivity index (χ4n) is 5.29. The van der Waals surface area contributed by atoms with E-state index in [1.807, 2.05) is 74.4 Å². The Bertz CT molecular complexity index is 1340. The molecule has 0 saturated heterocycles. The molecule has 0 fully saturated rings. The molecule has 2 amide bonds. The number of anilines is 1. The van der Waals surface area contributed by atoms with Crippen molar-refractivity contribution in [2.45, 2.75) is 52.0 Å². The van der Waals surface area contributed by atoms with Crippen molar-refractivity contribution in [1.82, 2.24) is 14.9 Å². The van der Waals surface area contributed by atoms with Gasteiger partial charge in [-0.15, -0.1) is 0 Å². The monoisotopic (exact) mass is 480 g/mol. The number of nitrogens with zero attached hydrogens (tertiary/aromatic N) is 3. The van der Waals surface area contributed by atoms with Crippen LogP contribution in [0.2, 0.25) is 0 Å². The van der Waals surface area contributed by atoms with Crippen LogP contribution in [0.5, 0.6) is 0 Å². The van der Waals surface area contributed by atoms with Gasteiger partial charge in [0, 0.05) is 42.0 Å². The van der Waals surface area contributed by atoms with Gasteiger partial charge in [0.15, 0.2) is 0 Å². The van der Waals surface area contributed by atoms with Crippen LogP contribution in [0.3, 0.4) is 0 Å². The maximum Gasteiger partial charge on any atom is 0.237 e. The number of hydrogen-bond acceptors (Lipinski definition) is 4. The van der Waals surface area contributed by atoms with E-state index in [9.17, 15) is 9.59 Å². The van der Waals surface area contributed by atoms with Crippen molar-refractivity contribution in [2.75, 3.05) is 11.9 Å². The van der Waals surface area contributed by atoms with Crippen LogP contribution < -0.4 is 5.32 Å². The predicted octanol–water partition coefficient (Wildman–Crippen LogP) is 5.11. The Morgan fingerprint density at radius 1 is 1.14 bits per heavy atom. The minimum atomic E-state index is -0.623. The number of rotatable bonds is 5. The van der Waals surface area contributed by atoms with Gasteiger partial charge in [0.25, 0.3) is 0 Å². The number of aromatic nitrogens is 2. The molecule has 6 nitrogen and oxygen atoms in total. The molecule has 0 unspecified atom stereocenters. The molecule has 3 aromatic rings. The van der Waals surface area contributed by atoms with Crippen molar-refractivity contribution >= 4 is 23.7 Å². The van der Waals surface area contributed by atoms with Gasteiger partial charge in [-0.1, -0.05) is 69.3 Å².